The monoisotopic (exact) mass is 592 g/mol. The van der Waals surface area contributed by atoms with Gasteiger partial charge in [0.2, 0.25) is 5.88 Å². The predicted molar refractivity (Wildman–Crippen MR) is 168 cm³/mol. The maximum Gasteiger partial charge on any atom is 0.212 e. The Kier molecular flexibility index (Phi) is 9.05. The molecule has 226 valence electrons. The van der Waals surface area contributed by atoms with E-state index in [4.69, 9.17) is 25.2 Å². The number of nitrogens with zero attached hydrogens (tertiary/aromatic N) is 9. The molecule has 2 fully saturated rings. The summed E-state index contributed by atoms with van der Waals surface area (Å²) in [7, 11) is 1.62. The standard InChI is InChI=1S/C32H36N10O2/c1-43-30-8-5-23(16-37-30)21-40-9-11-41(12-10-40)29-7-6-24(18-36-29)31-32-26(15-34)19-38-42(32)22-28(39-31)25(14-33)17-35-20-27-4-2-3-13-44-27/h5-8,14,16-19,22,27H,2-4,9-13,20-21,33H2,1H3. The Labute approximate surface area is 256 Å². The van der Waals surface area contributed by atoms with E-state index < -0.39 is 0 Å². The maximum absolute atomic E-state index is 9.78. The number of nitrogens with two attached hydrogens (primary N) is 1. The van der Waals surface area contributed by atoms with Crippen molar-refractivity contribution in [1.82, 2.24) is 29.5 Å². The number of allylic oxidation sites excluding steroid dienone is 1. The number of ether oxygens (including phenoxy) is 2. The fourth-order valence-corrected chi connectivity index (χ4v) is 5.58. The van der Waals surface area contributed by atoms with Crippen LogP contribution in [0.1, 0.15) is 36.1 Å². The Morgan fingerprint density at radius 1 is 1.14 bits per heavy atom. The van der Waals surface area contributed by atoms with E-state index in [-0.39, 0.29) is 6.10 Å². The van der Waals surface area contributed by atoms with Crippen LogP contribution >= 0.6 is 0 Å². The highest BCUT2D eigenvalue weighted by atomic mass is 16.5. The van der Waals surface area contributed by atoms with Gasteiger partial charge in [0.1, 0.15) is 23.0 Å². The molecule has 44 heavy (non-hydrogen) atoms. The Morgan fingerprint density at radius 2 is 2.02 bits per heavy atom. The van der Waals surface area contributed by atoms with Gasteiger partial charge in [-0.25, -0.2) is 19.5 Å². The van der Waals surface area contributed by atoms with Crippen molar-refractivity contribution in [3.63, 3.8) is 0 Å². The minimum Gasteiger partial charge on any atom is -0.481 e. The van der Waals surface area contributed by atoms with E-state index in [2.05, 4.69) is 37.0 Å². The Hall–Kier alpha value is -4.86. The van der Waals surface area contributed by atoms with Crippen molar-refractivity contribution in [2.75, 3.05) is 51.3 Å². The number of hydrogen-bond donors (Lipinski definition) is 1. The summed E-state index contributed by atoms with van der Waals surface area (Å²) in [6.07, 6.45) is 13.6. The first-order valence-corrected chi connectivity index (χ1v) is 14.9. The van der Waals surface area contributed by atoms with Crippen LogP contribution in [-0.2, 0) is 11.3 Å². The van der Waals surface area contributed by atoms with Crippen LogP contribution in [-0.4, -0.2) is 88.2 Å². The van der Waals surface area contributed by atoms with Crippen molar-refractivity contribution in [3.05, 3.63) is 72.1 Å². The molecule has 0 bridgehead atoms. The van der Waals surface area contributed by atoms with E-state index >= 15 is 0 Å². The summed E-state index contributed by atoms with van der Waals surface area (Å²) in [6.45, 7) is 5.78. The third kappa shape index (κ3) is 6.54. The largest absolute Gasteiger partial charge is 0.481 e. The van der Waals surface area contributed by atoms with Gasteiger partial charge < -0.3 is 20.1 Å². The van der Waals surface area contributed by atoms with Crippen LogP contribution in [0.2, 0.25) is 0 Å². The summed E-state index contributed by atoms with van der Waals surface area (Å²) in [5, 5.41) is 14.2. The minimum absolute atomic E-state index is 0.132. The van der Waals surface area contributed by atoms with Crippen LogP contribution in [0.3, 0.4) is 0 Å². The third-order valence-corrected chi connectivity index (χ3v) is 8.04. The summed E-state index contributed by atoms with van der Waals surface area (Å²) in [5.74, 6) is 1.53. The first kappa shape index (κ1) is 29.2. The van der Waals surface area contributed by atoms with Crippen LogP contribution in [0.5, 0.6) is 5.88 Å². The molecule has 0 aliphatic carbocycles. The molecule has 2 saturated heterocycles. The molecule has 0 saturated carbocycles. The molecule has 12 nitrogen and oxygen atoms in total. The average Bonchev–Trinajstić information content (AvgIpc) is 3.51. The molecule has 2 aliphatic heterocycles. The van der Waals surface area contributed by atoms with Gasteiger partial charge in [-0.3, -0.25) is 9.89 Å². The number of fused-ring (bicyclic) bond motifs is 1. The third-order valence-electron chi connectivity index (χ3n) is 8.04. The van der Waals surface area contributed by atoms with Crippen LogP contribution in [0.25, 0.3) is 22.3 Å². The molecule has 4 aromatic heterocycles. The lowest BCUT2D eigenvalue weighted by Gasteiger charge is -2.35. The summed E-state index contributed by atoms with van der Waals surface area (Å²) in [5.41, 5.74) is 10.9. The van der Waals surface area contributed by atoms with Gasteiger partial charge in [0.25, 0.3) is 0 Å². The highest BCUT2D eigenvalue weighted by molar-refractivity contribution is 6.09. The van der Waals surface area contributed by atoms with Gasteiger partial charge in [-0.05, 0) is 37.0 Å². The Morgan fingerprint density at radius 3 is 2.70 bits per heavy atom. The second-order valence-electron chi connectivity index (χ2n) is 10.9. The molecule has 1 atom stereocenters. The highest BCUT2D eigenvalue weighted by Gasteiger charge is 2.20. The zero-order valence-corrected chi connectivity index (χ0v) is 24.8. The number of nitriles is 1. The molecule has 0 amide bonds. The quantitative estimate of drug-likeness (QED) is 0.288. The molecule has 0 radical (unpaired) electrons. The second-order valence-corrected chi connectivity index (χ2v) is 10.9. The van der Waals surface area contributed by atoms with Gasteiger partial charge in [-0.15, -0.1) is 0 Å². The van der Waals surface area contributed by atoms with E-state index in [1.807, 2.05) is 30.6 Å². The van der Waals surface area contributed by atoms with Crippen molar-refractivity contribution < 1.29 is 9.47 Å². The molecule has 2 N–H and O–H groups in total. The summed E-state index contributed by atoms with van der Waals surface area (Å²) < 4.78 is 12.6. The summed E-state index contributed by atoms with van der Waals surface area (Å²) in [4.78, 5) is 23.3. The van der Waals surface area contributed by atoms with Crippen LogP contribution in [0, 0.1) is 11.3 Å². The first-order valence-electron chi connectivity index (χ1n) is 14.9. The predicted octanol–water partition coefficient (Wildman–Crippen LogP) is 3.33. The summed E-state index contributed by atoms with van der Waals surface area (Å²) in [6, 6.07) is 10.2. The normalized spacial score (nSPS) is 18.1. The SMILES string of the molecule is COc1ccc(CN2CCN(c3ccc(-c4nc(C(C=NCC5CCCCO5)=CN)cn5ncc(C#N)c45)cn3)CC2)cn1. The van der Waals surface area contributed by atoms with Gasteiger partial charge in [0.05, 0.1) is 43.5 Å². The number of piperazine rings is 1. The number of rotatable bonds is 9. The van der Waals surface area contributed by atoms with Gasteiger partial charge >= 0.3 is 0 Å². The summed E-state index contributed by atoms with van der Waals surface area (Å²) >= 11 is 0. The Balaban J connectivity index is 1.18. The lowest BCUT2D eigenvalue weighted by Crippen LogP contribution is -2.46. The molecule has 6 heterocycles. The molecule has 0 aromatic carbocycles. The zero-order chi connectivity index (χ0) is 30.3. The first-order chi connectivity index (χ1) is 21.6. The number of hydrogen-bond acceptors (Lipinski definition) is 11. The van der Waals surface area contributed by atoms with E-state index in [1.54, 1.807) is 30.2 Å². The molecular weight excluding hydrogens is 556 g/mol. The minimum atomic E-state index is 0.132. The van der Waals surface area contributed by atoms with E-state index in [0.717, 1.165) is 75.5 Å². The molecule has 2 aliphatic rings. The number of aliphatic imine (C=N–C) groups is 1. The van der Waals surface area contributed by atoms with E-state index in [1.165, 1.54) is 6.20 Å². The number of methoxy groups -OCH3 is 1. The second kappa shape index (κ2) is 13.6. The van der Waals surface area contributed by atoms with E-state index in [0.29, 0.717) is 40.5 Å². The van der Waals surface area contributed by atoms with Crippen LogP contribution in [0.15, 0.2) is 60.2 Å². The van der Waals surface area contributed by atoms with Crippen LogP contribution < -0.4 is 15.4 Å². The molecular formula is C32H36N10O2. The molecule has 12 heteroatoms. The number of anilines is 1. The fourth-order valence-electron chi connectivity index (χ4n) is 5.58. The van der Waals surface area contributed by atoms with Crippen molar-refractivity contribution in [3.8, 4) is 23.2 Å². The number of pyridine rings is 2. The molecule has 4 aromatic rings. The van der Waals surface area contributed by atoms with Crippen molar-refractivity contribution >= 4 is 23.1 Å². The van der Waals surface area contributed by atoms with Gasteiger partial charge in [0.15, 0.2) is 0 Å². The van der Waals surface area contributed by atoms with Crippen molar-refractivity contribution in [1.29, 1.82) is 5.26 Å². The zero-order valence-electron chi connectivity index (χ0n) is 24.8. The van der Waals surface area contributed by atoms with Gasteiger partial charge in [-0.1, -0.05) is 6.07 Å². The van der Waals surface area contributed by atoms with Crippen LogP contribution in [0.4, 0.5) is 5.82 Å². The molecule has 6 rings (SSSR count). The highest BCUT2D eigenvalue weighted by Crippen LogP contribution is 2.28. The van der Waals surface area contributed by atoms with Crippen molar-refractivity contribution in [2.45, 2.75) is 31.9 Å². The topological polar surface area (TPSA) is 143 Å². The van der Waals surface area contributed by atoms with E-state index in [9.17, 15) is 5.26 Å². The molecule has 1 unspecified atom stereocenters. The van der Waals surface area contributed by atoms with Gasteiger partial charge in [0, 0.05) is 81.3 Å². The Bertz CT molecular complexity index is 1660. The lowest BCUT2D eigenvalue weighted by molar-refractivity contribution is 0.0226. The van der Waals surface area contributed by atoms with Gasteiger partial charge in [-0.2, -0.15) is 10.4 Å². The molecule has 0 spiro atoms. The maximum atomic E-state index is 9.78. The smallest absolute Gasteiger partial charge is 0.212 e. The van der Waals surface area contributed by atoms with Crippen molar-refractivity contribution in [2.24, 2.45) is 10.7 Å². The fraction of sp³-hybridized carbons (Fsp3) is 0.375. The number of aromatic nitrogens is 5. The average molecular weight is 593 g/mol. The lowest BCUT2D eigenvalue weighted by atomic mass is 10.1.